The number of amides is 1. The lowest BCUT2D eigenvalue weighted by Gasteiger charge is -2.32. The molecule has 0 bridgehead atoms. The van der Waals surface area contributed by atoms with Gasteiger partial charge in [0, 0.05) is 19.0 Å². The van der Waals surface area contributed by atoms with E-state index in [0.29, 0.717) is 18.9 Å². The molecule has 204 valence electrons. The van der Waals surface area contributed by atoms with Crippen LogP contribution in [0.5, 0.6) is 5.75 Å². The van der Waals surface area contributed by atoms with Crippen molar-refractivity contribution in [2.45, 2.75) is 56.8 Å². The lowest BCUT2D eigenvalue weighted by atomic mass is 9.97. The Labute approximate surface area is 224 Å². The van der Waals surface area contributed by atoms with Gasteiger partial charge in [0.05, 0.1) is 23.7 Å². The van der Waals surface area contributed by atoms with Crippen LogP contribution in [0.4, 0.5) is 13.2 Å². The Bertz CT molecular complexity index is 1220. The fourth-order valence-corrected chi connectivity index (χ4v) is 5.50. The molecule has 0 aromatic heterocycles. The SMILES string of the molecule is O=C(O)[C@@H]1C[C@@H](F)CN1C(=O)c1cc(C2CC2)c(OCC2CCN(Cc3ccc(Cl)c(F)c3)CC2)cc1F. The Morgan fingerprint density at radius 3 is 2.45 bits per heavy atom. The molecule has 6 nitrogen and oxygen atoms in total. The Hall–Kier alpha value is -2.78. The molecule has 2 atom stereocenters. The van der Waals surface area contributed by atoms with Crippen molar-refractivity contribution in [2.24, 2.45) is 5.92 Å². The van der Waals surface area contributed by atoms with E-state index in [2.05, 4.69) is 4.90 Å². The van der Waals surface area contributed by atoms with Gasteiger partial charge in [0.1, 0.15) is 29.6 Å². The lowest BCUT2D eigenvalue weighted by Crippen LogP contribution is -2.41. The summed E-state index contributed by atoms with van der Waals surface area (Å²) in [5.41, 5.74) is 1.36. The third-order valence-corrected chi connectivity index (χ3v) is 8.02. The van der Waals surface area contributed by atoms with Crippen LogP contribution in [-0.4, -0.2) is 65.2 Å². The normalized spacial score (nSPS) is 22.6. The van der Waals surface area contributed by atoms with Crippen LogP contribution in [0.25, 0.3) is 0 Å². The van der Waals surface area contributed by atoms with Crippen molar-refractivity contribution in [2.75, 3.05) is 26.2 Å². The third-order valence-electron chi connectivity index (χ3n) is 7.71. The highest BCUT2D eigenvalue weighted by Gasteiger charge is 2.41. The van der Waals surface area contributed by atoms with Crippen LogP contribution in [0.15, 0.2) is 30.3 Å². The van der Waals surface area contributed by atoms with Gasteiger partial charge in [-0.05, 0) is 79.9 Å². The first-order valence-electron chi connectivity index (χ1n) is 13.0. The van der Waals surface area contributed by atoms with Crippen LogP contribution in [0.2, 0.25) is 5.02 Å². The minimum Gasteiger partial charge on any atom is -0.493 e. The largest absolute Gasteiger partial charge is 0.493 e. The molecule has 0 radical (unpaired) electrons. The molecular formula is C28H30ClF3N2O4. The number of benzene rings is 2. The van der Waals surface area contributed by atoms with E-state index >= 15 is 4.39 Å². The van der Waals surface area contributed by atoms with Gasteiger partial charge in [0.15, 0.2) is 0 Å². The number of carbonyl (C=O) groups excluding carboxylic acids is 1. The van der Waals surface area contributed by atoms with Crippen molar-refractivity contribution in [3.05, 3.63) is 63.7 Å². The van der Waals surface area contributed by atoms with Gasteiger partial charge in [-0.25, -0.2) is 18.0 Å². The summed E-state index contributed by atoms with van der Waals surface area (Å²) in [5.74, 6) is -2.50. The number of hydrogen-bond donors (Lipinski definition) is 1. The number of alkyl halides is 1. The minimum atomic E-state index is -1.45. The number of carboxylic acid groups (broad SMARTS) is 1. The van der Waals surface area contributed by atoms with Crippen LogP contribution in [-0.2, 0) is 11.3 Å². The molecule has 2 saturated heterocycles. The van der Waals surface area contributed by atoms with Crippen LogP contribution in [0, 0.1) is 17.6 Å². The highest BCUT2D eigenvalue weighted by Crippen LogP contribution is 2.45. The highest BCUT2D eigenvalue weighted by atomic mass is 35.5. The molecule has 2 aromatic rings. The zero-order chi connectivity index (χ0) is 27.0. The molecule has 2 aliphatic heterocycles. The maximum atomic E-state index is 15.1. The maximum absolute atomic E-state index is 15.1. The highest BCUT2D eigenvalue weighted by molar-refractivity contribution is 6.30. The predicted octanol–water partition coefficient (Wildman–Crippen LogP) is 5.42. The van der Waals surface area contributed by atoms with Crippen molar-refractivity contribution in [3.8, 4) is 5.75 Å². The lowest BCUT2D eigenvalue weighted by molar-refractivity contribution is -0.141. The van der Waals surface area contributed by atoms with E-state index in [4.69, 9.17) is 16.3 Å². The molecule has 2 aromatic carbocycles. The number of nitrogens with zero attached hydrogens (tertiary/aromatic N) is 2. The second-order valence-corrected chi connectivity index (χ2v) is 11.0. The summed E-state index contributed by atoms with van der Waals surface area (Å²) in [6.07, 6.45) is 1.80. The average Bonchev–Trinajstić information content (AvgIpc) is 3.65. The molecule has 3 fully saturated rings. The van der Waals surface area contributed by atoms with Crippen LogP contribution in [0.1, 0.15) is 59.5 Å². The van der Waals surface area contributed by atoms with E-state index in [0.717, 1.165) is 54.8 Å². The van der Waals surface area contributed by atoms with E-state index in [1.807, 2.05) is 6.07 Å². The Balaban J connectivity index is 1.21. The molecule has 5 rings (SSSR count). The fourth-order valence-electron chi connectivity index (χ4n) is 5.39. The average molecular weight is 551 g/mol. The number of rotatable bonds is 8. The van der Waals surface area contributed by atoms with Crippen molar-refractivity contribution < 1.29 is 32.6 Å². The van der Waals surface area contributed by atoms with E-state index in [1.165, 1.54) is 18.2 Å². The molecular weight excluding hydrogens is 521 g/mol. The van der Waals surface area contributed by atoms with E-state index in [-0.39, 0.29) is 35.4 Å². The quantitative estimate of drug-likeness (QED) is 0.475. The van der Waals surface area contributed by atoms with Gasteiger partial charge in [-0.15, -0.1) is 0 Å². The van der Waals surface area contributed by atoms with Crippen molar-refractivity contribution in [1.29, 1.82) is 0 Å². The van der Waals surface area contributed by atoms with Crippen LogP contribution >= 0.6 is 11.6 Å². The van der Waals surface area contributed by atoms with Gasteiger partial charge in [-0.2, -0.15) is 0 Å². The molecule has 10 heteroatoms. The molecule has 0 unspecified atom stereocenters. The number of halogens is 4. The first kappa shape index (κ1) is 26.8. The number of aliphatic carboxylic acids is 1. The number of likely N-dealkylation sites (tertiary alicyclic amines) is 2. The zero-order valence-corrected chi connectivity index (χ0v) is 21.6. The third kappa shape index (κ3) is 5.94. The van der Waals surface area contributed by atoms with Gasteiger partial charge in [0.2, 0.25) is 0 Å². The van der Waals surface area contributed by atoms with Crippen molar-refractivity contribution >= 4 is 23.5 Å². The standard InChI is InChI=1S/C28H30ClF3N2O4/c29-22-4-1-17(9-24(22)32)13-33-7-5-16(6-8-33)15-38-26-12-23(31)21(11-20(26)18-2-3-18)27(35)34-14-19(30)10-25(34)28(36)37/h1,4,9,11-12,16,18-19,25H,2-3,5-8,10,13-15H2,(H,36,37)/t19-,25+/m1/s1. The molecule has 0 spiro atoms. The summed E-state index contributed by atoms with van der Waals surface area (Å²) in [6, 6.07) is 6.22. The topological polar surface area (TPSA) is 70.1 Å². The molecule has 1 amide bonds. The monoisotopic (exact) mass is 550 g/mol. The first-order valence-corrected chi connectivity index (χ1v) is 13.4. The van der Waals surface area contributed by atoms with Crippen LogP contribution in [0.3, 0.4) is 0 Å². The maximum Gasteiger partial charge on any atom is 0.326 e. The molecule has 1 saturated carbocycles. The number of carbonyl (C=O) groups is 2. The van der Waals surface area contributed by atoms with E-state index < -0.39 is 35.7 Å². The van der Waals surface area contributed by atoms with E-state index in [1.54, 1.807) is 6.07 Å². The molecule has 1 aliphatic carbocycles. The molecule has 38 heavy (non-hydrogen) atoms. The summed E-state index contributed by atoms with van der Waals surface area (Å²) < 4.78 is 48.8. The second kappa shape index (κ2) is 11.1. The summed E-state index contributed by atoms with van der Waals surface area (Å²) >= 11 is 5.77. The Kier molecular flexibility index (Phi) is 7.86. The van der Waals surface area contributed by atoms with Crippen LogP contribution < -0.4 is 4.74 Å². The zero-order valence-electron chi connectivity index (χ0n) is 20.8. The Morgan fingerprint density at radius 2 is 1.79 bits per heavy atom. The second-order valence-electron chi connectivity index (χ2n) is 10.6. The number of piperidine rings is 1. The first-order chi connectivity index (χ1) is 18.2. The Morgan fingerprint density at radius 1 is 1.05 bits per heavy atom. The summed E-state index contributed by atoms with van der Waals surface area (Å²) in [7, 11) is 0. The summed E-state index contributed by atoms with van der Waals surface area (Å²) in [4.78, 5) is 27.7. The van der Waals surface area contributed by atoms with Gasteiger partial charge in [-0.3, -0.25) is 9.69 Å². The summed E-state index contributed by atoms with van der Waals surface area (Å²) in [5, 5.41) is 9.48. The van der Waals surface area contributed by atoms with E-state index in [9.17, 15) is 23.5 Å². The van der Waals surface area contributed by atoms with Gasteiger partial charge in [-0.1, -0.05) is 17.7 Å². The molecule has 3 aliphatic rings. The minimum absolute atomic E-state index is 0.109. The van der Waals surface area contributed by atoms with Gasteiger partial charge < -0.3 is 14.7 Å². The van der Waals surface area contributed by atoms with Gasteiger partial charge in [0.25, 0.3) is 5.91 Å². The molecule has 2 heterocycles. The van der Waals surface area contributed by atoms with Crippen molar-refractivity contribution in [1.82, 2.24) is 9.80 Å². The fraction of sp³-hybridized carbons (Fsp3) is 0.500. The number of ether oxygens (including phenoxy) is 1. The van der Waals surface area contributed by atoms with Gasteiger partial charge >= 0.3 is 5.97 Å². The number of carboxylic acids is 1. The number of hydrogen-bond acceptors (Lipinski definition) is 4. The summed E-state index contributed by atoms with van der Waals surface area (Å²) in [6.45, 7) is 2.33. The van der Waals surface area contributed by atoms with Crippen molar-refractivity contribution in [3.63, 3.8) is 0 Å². The predicted molar refractivity (Wildman–Crippen MR) is 135 cm³/mol. The smallest absolute Gasteiger partial charge is 0.326 e. The molecule has 1 N–H and O–H groups in total.